The lowest BCUT2D eigenvalue weighted by Crippen LogP contribution is -2.31. The summed E-state index contributed by atoms with van der Waals surface area (Å²) in [4.78, 5) is 31.9. The highest BCUT2D eigenvalue weighted by Crippen LogP contribution is 2.50. The summed E-state index contributed by atoms with van der Waals surface area (Å²) in [6.07, 6.45) is 16.4. The number of hydrogen-bond acceptors (Lipinski definition) is 14. The van der Waals surface area contributed by atoms with E-state index in [9.17, 15) is 26.4 Å². The molecule has 6 aromatic rings. The van der Waals surface area contributed by atoms with Crippen LogP contribution >= 0.6 is 23.2 Å². The molecule has 0 unspecified atom stereocenters. The number of ether oxygens (including phenoxy) is 2. The maximum absolute atomic E-state index is 12.6. The van der Waals surface area contributed by atoms with Crippen molar-refractivity contribution >= 4 is 55.1 Å². The van der Waals surface area contributed by atoms with Gasteiger partial charge in [0, 0.05) is 38.6 Å². The minimum absolute atomic E-state index is 0.0271. The average Bonchev–Trinajstić information content (AvgIpc) is 4.12. The van der Waals surface area contributed by atoms with Gasteiger partial charge in [-0.2, -0.15) is 10.2 Å². The largest absolute Gasteiger partial charge is 0.478 e. The SMILES string of the molecule is Cc1c(S(=O)(=O)NC(=O)c2ccc(-n3ccc(OCC(C4CC4)C4CC4)n3)nc2Cl)cnn1C.Cc1c(S(N)(=O)=O)cnn1C.O=C(O)c1ccc(-n2ccc(OCC(C3CC3)C3CC3)n2)nc1Cl. The maximum atomic E-state index is 12.6. The third-order valence-corrected chi connectivity index (χ3v) is 15.7. The third kappa shape index (κ3) is 12.3. The van der Waals surface area contributed by atoms with Crippen LogP contribution < -0.4 is 19.3 Å². The molecule has 368 valence electrons. The van der Waals surface area contributed by atoms with Crippen LogP contribution in [0.5, 0.6) is 11.8 Å². The standard InChI is InChI=1S/C22H25ClN6O4S.C17H18ClN3O3.C5H9N3O2S/c1-13-18(11-24-28(13)2)34(31,32)27-22(30)16-7-8-19(25-21(16)23)29-10-9-20(26-29)33-12-17(14-3-4-14)15-5-6-15;18-16-12(17(22)23)5-6-14(19-16)21-8-7-15(20-21)24-9-13(10-1-2-10)11-3-4-11;1-4-5(11(6,9)10)3-7-8(4)2/h7-11,14-15,17H,3-6,12H2,1-2H3,(H,27,30);5-8,10-11,13H,1-4,9H2,(H,22,23);3H,1-2H3,(H2,6,9,10). The van der Waals surface area contributed by atoms with Crippen LogP contribution in [0.2, 0.25) is 10.3 Å². The smallest absolute Gasteiger partial charge is 0.338 e. The van der Waals surface area contributed by atoms with Crippen molar-refractivity contribution in [3.8, 4) is 23.4 Å². The van der Waals surface area contributed by atoms with Crippen LogP contribution in [-0.4, -0.2) is 96.1 Å². The number of nitrogens with one attached hydrogen (secondary N) is 1. The first-order chi connectivity index (χ1) is 32.8. The summed E-state index contributed by atoms with van der Waals surface area (Å²) in [7, 11) is -4.44. The molecule has 4 fully saturated rings. The van der Waals surface area contributed by atoms with Crippen molar-refractivity contribution in [2.45, 2.75) is 75.0 Å². The highest BCUT2D eigenvalue weighted by Gasteiger charge is 2.43. The summed E-state index contributed by atoms with van der Waals surface area (Å²) in [5, 5.41) is 30.1. The topological polar surface area (TPSA) is 276 Å². The lowest BCUT2D eigenvalue weighted by molar-refractivity contribution is 0.0696. The van der Waals surface area contributed by atoms with Gasteiger partial charge in [-0.05, 0) is 125 Å². The monoisotopic (exact) mass is 1030 g/mol. The lowest BCUT2D eigenvalue weighted by Gasteiger charge is -2.14. The molecule has 0 aliphatic heterocycles. The molecule has 0 bridgehead atoms. The van der Waals surface area contributed by atoms with Crippen LogP contribution in [0.3, 0.4) is 0 Å². The average molecular weight is 1030 g/mol. The number of aromatic carboxylic acids is 1. The van der Waals surface area contributed by atoms with Gasteiger partial charge in [0.25, 0.3) is 15.9 Å². The number of sulfonamides is 2. The Bertz CT molecular complexity index is 3060. The molecule has 21 nitrogen and oxygen atoms in total. The Morgan fingerprint density at radius 2 is 1.10 bits per heavy atom. The summed E-state index contributed by atoms with van der Waals surface area (Å²) in [6.45, 7) is 4.63. The minimum Gasteiger partial charge on any atom is -0.478 e. The molecular weight excluding hydrogens is 976 g/mol. The summed E-state index contributed by atoms with van der Waals surface area (Å²) in [5.41, 5.74) is 0.848. The number of primary sulfonamides is 1. The van der Waals surface area contributed by atoms with E-state index in [-0.39, 0.29) is 31.2 Å². The highest BCUT2D eigenvalue weighted by molar-refractivity contribution is 7.90. The fourth-order valence-electron chi connectivity index (χ4n) is 7.96. The molecule has 1 amide bonds. The zero-order chi connectivity index (χ0) is 49.4. The number of aryl methyl sites for hydroxylation is 2. The number of rotatable bonds is 17. The number of pyridine rings is 2. The van der Waals surface area contributed by atoms with Gasteiger partial charge < -0.3 is 14.6 Å². The van der Waals surface area contributed by atoms with E-state index in [1.807, 2.05) is 4.72 Å². The van der Waals surface area contributed by atoms with E-state index in [0.29, 0.717) is 53.2 Å². The van der Waals surface area contributed by atoms with Gasteiger partial charge in [0.2, 0.25) is 21.8 Å². The fraction of sp³-hybridized carbons (Fsp3) is 0.455. The molecule has 0 spiro atoms. The second-order valence-corrected chi connectivity index (χ2v) is 21.6. The van der Waals surface area contributed by atoms with E-state index < -0.39 is 31.9 Å². The third-order valence-electron chi connectivity index (χ3n) is 12.7. The van der Waals surface area contributed by atoms with E-state index in [1.165, 1.54) is 101 Å². The Morgan fingerprint density at radius 3 is 1.43 bits per heavy atom. The number of amides is 1. The molecule has 0 radical (unpaired) electrons. The molecule has 69 heavy (non-hydrogen) atoms. The predicted octanol–water partition coefficient (Wildman–Crippen LogP) is 5.71. The molecule has 0 saturated heterocycles. The summed E-state index contributed by atoms with van der Waals surface area (Å²) in [6, 6.07) is 9.49. The fourth-order valence-corrected chi connectivity index (χ4v) is 10.3. The first kappa shape index (κ1) is 49.5. The van der Waals surface area contributed by atoms with Gasteiger partial charge >= 0.3 is 5.97 Å². The van der Waals surface area contributed by atoms with Crippen LogP contribution in [-0.2, 0) is 34.1 Å². The van der Waals surface area contributed by atoms with Crippen molar-refractivity contribution in [1.82, 2.24) is 53.8 Å². The Labute approximate surface area is 408 Å². The molecule has 4 N–H and O–H groups in total. The van der Waals surface area contributed by atoms with Gasteiger partial charge in [0.1, 0.15) is 20.1 Å². The molecule has 4 aliphatic carbocycles. The molecule has 10 rings (SSSR count). The quantitative estimate of drug-likeness (QED) is 0.0924. The number of nitrogens with two attached hydrogens (primary N) is 1. The molecule has 6 aromatic heterocycles. The van der Waals surface area contributed by atoms with Crippen molar-refractivity contribution in [3.05, 3.63) is 94.0 Å². The van der Waals surface area contributed by atoms with Crippen LogP contribution in [0.1, 0.15) is 83.5 Å². The Hall–Kier alpha value is -5.88. The number of nitrogens with zero attached hydrogens (tertiary/aromatic N) is 10. The van der Waals surface area contributed by atoms with Crippen molar-refractivity contribution in [2.24, 2.45) is 54.7 Å². The van der Waals surface area contributed by atoms with E-state index in [1.54, 1.807) is 58.5 Å². The zero-order valence-corrected chi connectivity index (χ0v) is 41.3. The summed E-state index contributed by atoms with van der Waals surface area (Å²) < 4.78 is 66.5. The van der Waals surface area contributed by atoms with Crippen molar-refractivity contribution < 1.29 is 41.0 Å². The molecule has 6 heterocycles. The van der Waals surface area contributed by atoms with Gasteiger partial charge in [-0.3, -0.25) is 14.2 Å². The molecule has 4 saturated carbocycles. The molecular formula is C44H52Cl2N12O9S2. The Kier molecular flexibility index (Phi) is 14.5. The van der Waals surface area contributed by atoms with Crippen LogP contribution in [0.25, 0.3) is 11.6 Å². The normalized spacial score (nSPS) is 15.8. The van der Waals surface area contributed by atoms with Gasteiger partial charge in [0.15, 0.2) is 11.6 Å². The summed E-state index contributed by atoms with van der Waals surface area (Å²) in [5.74, 6) is 4.44. The van der Waals surface area contributed by atoms with Crippen LogP contribution in [0.4, 0.5) is 0 Å². The van der Waals surface area contributed by atoms with Gasteiger partial charge in [-0.15, -0.1) is 10.2 Å². The van der Waals surface area contributed by atoms with Gasteiger partial charge in [-0.25, -0.2) is 50.8 Å². The van der Waals surface area contributed by atoms with E-state index in [4.69, 9.17) is 42.9 Å². The van der Waals surface area contributed by atoms with E-state index >= 15 is 0 Å². The van der Waals surface area contributed by atoms with Crippen LogP contribution in [0.15, 0.2) is 71.0 Å². The summed E-state index contributed by atoms with van der Waals surface area (Å²) >= 11 is 12.1. The Morgan fingerprint density at radius 1 is 0.696 bits per heavy atom. The molecule has 4 aliphatic rings. The second kappa shape index (κ2) is 20.2. The maximum Gasteiger partial charge on any atom is 0.338 e. The van der Waals surface area contributed by atoms with Crippen molar-refractivity contribution in [2.75, 3.05) is 13.2 Å². The first-order valence-electron chi connectivity index (χ1n) is 22.3. The number of halogens is 2. The van der Waals surface area contributed by atoms with Gasteiger partial charge in [-0.1, -0.05) is 23.2 Å². The van der Waals surface area contributed by atoms with E-state index in [0.717, 1.165) is 30.3 Å². The molecule has 25 heteroatoms. The zero-order valence-electron chi connectivity index (χ0n) is 38.1. The number of carbonyl (C=O) groups excluding carboxylic acids is 1. The lowest BCUT2D eigenvalue weighted by atomic mass is 9.99. The number of carboxylic acid groups (broad SMARTS) is 1. The molecule has 0 aromatic carbocycles. The van der Waals surface area contributed by atoms with E-state index in [2.05, 4.69) is 30.4 Å². The van der Waals surface area contributed by atoms with Gasteiger partial charge in [0.05, 0.1) is 48.1 Å². The second-order valence-electron chi connectivity index (χ2n) is 17.7. The predicted molar refractivity (Wildman–Crippen MR) is 250 cm³/mol. The van der Waals surface area contributed by atoms with Crippen molar-refractivity contribution in [3.63, 3.8) is 0 Å². The van der Waals surface area contributed by atoms with Crippen LogP contribution in [0, 0.1) is 49.4 Å². The first-order valence-corrected chi connectivity index (χ1v) is 26.1. The number of carbonyl (C=O) groups is 2. The minimum atomic E-state index is -4.11. The number of aromatic nitrogens is 10. The highest BCUT2D eigenvalue weighted by atomic mass is 35.5. The Balaban J connectivity index is 0.000000158. The molecule has 0 atom stereocenters. The number of hydrogen-bond donors (Lipinski definition) is 3. The number of carboxylic acids is 1. The van der Waals surface area contributed by atoms with Crippen molar-refractivity contribution in [1.29, 1.82) is 0 Å².